The molecule has 0 N–H and O–H groups in total. The van der Waals surface area contributed by atoms with Crippen LogP contribution in [-0.4, -0.2) is 20.4 Å². The van der Waals surface area contributed by atoms with Crippen molar-refractivity contribution < 1.29 is 0 Å². The van der Waals surface area contributed by atoms with Gasteiger partial charge < -0.3 is 4.57 Å². The largest absolute Gasteiger partial charge is 0.344 e. The van der Waals surface area contributed by atoms with E-state index in [1.807, 2.05) is 30.5 Å². The lowest BCUT2D eigenvalue weighted by molar-refractivity contribution is 0.416. The standard InChI is InChI=1S/C26H27BrN4O/c1-17(2)30-16-19(21-10-6-7-11-24(21)30)15-28-31-25(18-8-4-3-5-9-18)29-23-13-12-20(27)14-22(23)26(31)32/h6-7,10-18H,3-5,8-9H2,1-2H3. The van der Waals surface area contributed by atoms with Crippen LogP contribution >= 0.6 is 15.9 Å². The van der Waals surface area contributed by atoms with Gasteiger partial charge in [0.25, 0.3) is 5.56 Å². The molecule has 2 heterocycles. The zero-order chi connectivity index (χ0) is 22.2. The van der Waals surface area contributed by atoms with Crippen molar-refractivity contribution in [3.63, 3.8) is 0 Å². The van der Waals surface area contributed by atoms with Gasteiger partial charge in [-0.1, -0.05) is 53.4 Å². The van der Waals surface area contributed by atoms with E-state index in [4.69, 9.17) is 10.1 Å². The maximum Gasteiger partial charge on any atom is 0.282 e. The fourth-order valence-corrected chi connectivity index (χ4v) is 5.15. The second kappa shape index (κ2) is 8.66. The third-order valence-corrected chi connectivity index (χ3v) is 6.94. The Bertz CT molecular complexity index is 1380. The van der Waals surface area contributed by atoms with E-state index < -0.39 is 0 Å². The van der Waals surface area contributed by atoms with Crippen molar-refractivity contribution in [1.82, 2.24) is 14.2 Å². The summed E-state index contributed by atoms with van der Waals surface area (Å²) in [7, 11) is 0. The van der Waals surface area contributed by atoms with E-state index >= 15 is 0 Å². The molecule has 1 fully saturated rings. The molecule has 5 rings (SSSR count). The Morgan fingerprint density at radius 2 is 1.88 bits per heavy atom. The minimum Gasteiger partial charge on any atom is -0.344 e. The van der Waals surface area contributed by atoms with Crippen molar-refractivity contribution in [2.45, 2.75) is 57.9 Å². The van der Waals surface area contributed by atoms with E-state index in [1.54, 1.807) is 4.68 Å². The maximum absolute atomic E-state index is 13.5. The number of halogens is 1. The van der Waals surface area contributed by atoms with Crippen LogP contribution in [0.2, 0.25) is 0 Å². The van der Waals surface area contributed by atoms with Gasteiger partial charge in [-0.15, -0.1) is 0 Å². The van der Waals surface area contributed by atoms with Gasteiger partial charge in [0.15, 0.2) is 0 Å². The average Bonchev–Trinajstić information content (AvgIpc) is 3.18. The molecule has 0 atom stereocenters. The van der Waals surface area contributed by atoms with Crippen molar-refractivity contribution >= 4 is 44.0 Å². The van der Waals surface area contributed by atoms with Gasteiger partial charge in [-0.3, -0.25) is 4.79 Å². The first-order valence-corrected chi connectivity index (χ1v) is 12.2. The molecule has 2 aromatic heterocycles. The SMILES string of the molecule is CC(C)n1cc(C=Nn2c(C3CCCCC3)nc3ccc(Br)cc3c2=O)c2ccccc21. The molecule has 0 saturated heterocycles. The van der Waals surface area contributed by atoms with E-state index in [-0.39, 0.29) is 11.5 Å². The summed E-state index contributed by atoms with van der Waals surface area (Å²) >= 11 is 3.49. The Morgan fingerprint density at radius 3 is 2.66 bits per heavy atom. The number of fused-ring (bicyclic) bond motifs is 2. The Morgan fingerprint density at radius 1 is 1.09 bits per heavy atom. The van der Waals surface area contributed by atoms with E-state index in [1.165, 1.54) is 24.8 Å². The summed E-state index contributed by atoms with van der Waals surface area (Å²) in [6.45, 7) is 4.34. The van der Waals surface area contributed by atoms with Gasteiger partial charge in [-0.2, -0.15) is 9.78 Å². The molecule has 0 spiro atoms. The minimum atomic E-state index is -0.110. The summed E-state index contributed by atoms with van der Waals surface area (Å²) in [6, 6.07) is 14.4. The number of benzene rings is 2. The monoisotopic (exact) mass is 490 g/mol. The summed E-state index contributed by atoms with van der Waals surface area (Å²) in [5.74, 6) is 1.05. The molecule has 1 aliphatic carbocycles. The number of aromatic nitrogens is 3. The Labute approximate surface area is 195 Å². The van der Waals surface area contributed by atoms with Crippen LogP contribution < -0.4 is 5.56 Å². The van der Waals surface area contributed by atoms with Crippen LogP contribution in [0.25, 0.3) is 21.8 Å². The first-order valence-electron chi connectivity index (χ1n) is 11.4. The molecule has 1 aliphatic rings. The third-order valence-electron chi connectivity index (χ3n) is 6.44. The Hall–Kier alpha value is -2.73. The molecule has 0 radical (unpaired) electrons. The minimum absolute atomic E-state index is 0.110. The summed E-state index contributed by atoms with van der Waals surface area (Å²) < 4.78 is 4.66. The van der Waals surface area contributed by atoms with Crippen LogP contribution in [0.3, 0.4) is 0 Å². The van der Waals surface area contributed by atoms with Crippen molar-refractivity contribution in [2.24, 2.45) is 5.10 Å². The first kappa shape index (κ1) is 21.1. The van der Waals surface area contributed by atoms with Crippen LogP contribution in [0, 0.1) is 0 Å². The second-order valence-corrected chi connectivity index (χ2v) is 9.85. The molecular formula is C26H27BrN4O. The van der Waals surface area contributed by atoms with E-state index in [2.05, 4.69) is 58.7 Å². The fraction of sp³-hybridized carbons (Fsp3) is 0.346. The molecule has 32 heavy (non-hydrogen) atoms. The predicted octanol–water partition coefficient (Wildman–Crippen LogP) is 6.62. The molecule has 4 aromatic rings. The lowest BCUT2D eigenvalue weighted by Crippen LogP contribution is -2.25. The summed E-state index contributed by atoms with van der Waals surface area (Å²) in [5.41, 5.74) is 2.80. The van der Waals surface area contributed by atoms with Crippen molar-refractivity contribution in [3.8, 4) is 0 Å². The van der Waals surface area contributed by atoms with Crippen LogP contribution in [-0.2, 0) is 0 Å². The van der Waals surface area contributed by atoms with Gasteiger partial charge in [-0.25, -0.2) is 4.98 Å². The van der Waals surface area contributed by atoms with Crippen molar-refractivity contribution in [1.29, 1.82) is 0 Å². The molecule has 5 nitrogen and oxygen atoms in total. The number of hydrogen-bond acceptors (Lipinski definition) is 3. The highest BCUT2D eigenvalue weighted by Crippen LogP contribution is 2.32. The topological polar surface area (TPSA) is 52.2 Å². The van der Waals surface area contributed by atoms with E-state index in [0.29, 0.717) is 11.4 Å². The van der Waals surface area contributed by atoms with E-state index in [9.17, 15) is 4.79 Å². The maximum atomic E-state index is 13.5. The van der Waals surface area contributed by atoms with Gasteiger partial charge in [0.1, 0.15) is 5.82 Å². The Kier molecular flexibility index (Phi) is 5.72. The van der Waals surface area contributed by atoms with Gasteiger partial charge in [0.2, 0.25) is 0 Å². The number of nitrogens with zero attached hydrogens (tertiary/aromatic N) is 4. The normalized spacial score (nSPS) is 15.5. The predicted molar refractivity (Wildman–Crippen MR) is 135 cm³/mol. The highest BCUT2D eigenvalue weighted by Gasteiger charge is 2.22. The molecule has 2 aromatic carbocycles. The third kappa shape index (κ3) is 3.81. The lowest BCUT2D eigenvalue weighted by Gasteiger charge is -2.22. The van der Waals surface area contributed by atoms with Crippen LogP contribution in [0.1, 0.15) is 69.3 Å². The van der Waals surface area contributed by atoms with Gasteiger partial charge in [0.05, 0.1) is 17.1 Å². The second-order valence-electron chi connectivity index (χ2n) is 8.93. The lowest BCUT2D eigenvalue weighted by atomic mass is 9.88. The van der Waals surface area contributed by atoms with Gasteiger partial charge in [-0.05, 0) is 51.0 Å². The van der Waals surface area contributed by atoms with Crippen molar-refractivity contribution in [2.75, 3.05) is 0 Å². The van der Waals surface area contributed by atoms with Crippen LogP contribution in [0.4, 0.5) is 0 Å². The summed E-state index contributed by atoms with van der Waals surface area (Å²) in [6.07, 6.45) is 9.64. The molecule has 1 saturated carbocycles. The van der Waals surface area contributed by atoms with E-state index in [0.717, 1.165) is 39.6 Å². The Balaban J connectivity index is 1.68. The molecular weight excluding hydrogens is 464 g/mol. The van der Waals surface area contributed by atoms with Gasteiger partial charge in [0, 0.05) is 39.1 Å². The average molecular weight is 491 g/mol. The quantitative estimate of drug-likeness (QED) is 0.301. The molecule has 0 unspecified atom stereocenters. The molecule has 0 amide bonds. The molecule has 6 heteroatoms. The van der Waals surface area contributed by atoms with Crippen molar-refractivity contribution in [3.05, 3.63) is 74.9 Å². The zero-order valence-electron chi connectivity index (χ0n) is 18.5. The smallest absolute Gasteiger partial charge is 0.282 e. The highest BCUT2D eigenvalue weighted by molar-refractivity contribution is 9.10. The first-order chi connectivity index (χ1) is 15.5. The van der Waals surface area contributed by atoms with Gasteiger partial charge >= 0.3 is 0 Å². The molecule has 0 bridgehead atoms. The molecule has 0 aliphatic heterocycles. The fourth-order valence-electron chi connectivity index (χ4n) is 4.78. The highest BCUT2D eigenvalue weighted by atomic mass is 79.9. The molecule has 164 valence electrons. The zero-order valence-corrected chi connectivity index (χ0v) is 20.0. The number of rotatable bonds is 4. The number of para-hydroxylation sites is 1. The number of hydrogen-bond donors (Lipinski definition) is 0. The van der Waals surface area contributed by atoms with Crippen LogP contribution in [0.5, 0.6) is 0 Å². The summed E-state index contributed by atoms with van der Waals surface area (Å²) in [4.78, 5) is 18.5. The summed E-state index contributed by atoms with van der Waals surface area (Å²) in [5, 5.41) is 6.46. The van der Waals surface area contributed by atoms with Crippen LogP contribution in [0.15, 0.2) is 63.0 Å².